The molecular formula is C24H23NO3. The number of hydrogen-bond acceptors (Lipinski definition) is 4. The van der Waals surface area contributed by atoms with Gasteiger partial charge in [-0.3, -0.25) is 0 Å². The molecule has 0 unspecified atom stereocenters. The first-order valence-electron chi connectivity index (χ1n) is 9.32. The van der Waals surface area contributed by atoms with Crippen molar-refractivity contribution in [3.8, 4) is 11.5 Å². The Labute approximate surface area is 165 Å². The van der Waals surface area contributed by atoms with Gasteiger partial charge in [0.25, 0.3) is 0 Å². The molecule has 28 heavy (non-hydrogen) atoms. The van der Waals surface area contributed by atoms with Gasteiger partial charge >= 0.3 is 5.97 Å². The van der Waals surface area contributed by atoms with Crippen LogP contribution < -0.4 is 9.47 Å². The topological polar surface area (TPSA) is 40.0 Å². The summed E-state index contributed by atoms with van der Waals surface area (Å²) in [5.41, 5.74) is 1.34. The van der Waals surface area contributed by atoms with Crippen LogP contribution in [0.3, 0.4) is 0 Å². The largest absolute Gasteiger partial charge is 0.449 e. The predicted molar refractivity (Wildman–Crippen MR) is 110 cm³/mol. The maximum atomic E-state index is 6.31. The van der Waals surface area contributed by atoms with E-state index in [-0.39, 0.29) is 5.54 Å². The Hall–Kier alpha value is -3.27. The summed E-state index contributed by atoms with van der Waals surface area (Å²) in [5.74, 6) is 0.342. The van der Waals surface area contributed by atoms with E-state index in [0.29, 0.717) is 17.4 Å². The Bertz CT molecular complexity index is 934. The summed E-state index contributed by atoms with van der Waals surface area (Å²) in [4.78, 5) is 4.76. The molecule has 0 saturated carbocycles. The Balaban J connectivity index is 1.84. The number of nitrogens with zero attached hydrogens (tertiary/aromatic N) is 1. The Morgan fingerprint density at radius 3 is 1.75 bits per heavy atom. The molecule has 0 radical (unpaired) electrons. The van der Waals surface area contributed by atoms with Crippen LogP contribution in [0.2, 0.25) is 0 Å². The molecule has 0 fully saturated rings. The third kappa shape index (κ3) is 3.72. The average Bonchev–Trinajstić information content (AvgIpc) is 2.95. The number of hydrogen-bond donors (Lipinski definition) is 0. The van der Waals surface area contributed by atoms with Crippen molar-refractivity contribution in [3.05, 3.63) is 96.1 Å². The first-order chi connectivity index (χ1) is 13.5. The van der Waals surface area contributed by atoms with Gasteiger partial charge in [0.15, 0.2) is 0 Å². The molecule has 0 bridgehead atoms. The van der Waals surface area contributed by atoms with Gasteiger partial charge in [-0.15, -0.1) is 0 Å². The molecule has 4 rings (SSSR count). The molecule has 0 spiro atoms. The highest BCUT2D eigenvalue weighted by Crippen LogP contribution is 2.41. The average molecular weight is 373 g/mol. The van der Waals surface area contributed by atoms with E-state index in [0.717, 1.165) is 11.1 Å². The van der Waals surface area contributed by atoms with Crippen LogP contribution in [0, 0.1) is 0 Å². The zero-order chi connectivity index (χ0) is 19.6. The molecule has 1 aliphatic rings. The second-order valence-electron chi connectivity index (χ2n) is 7.62. The van der Waals surface area contributed by atoms with E-state index in [2.05, 4.69) is 0 Å². The van der Waals surface area contributed by atoms with E-state index < -0.39 is 5.97 Å². The molecule has 0 saturated heterocycles. The summed E-state index contributed by atoms with van der Waals surface area (Å²) >= 11 is 0. The van der Waals surface area contributed by atoms with Crippen molar-refractivity contribution in [1.82, 2.24) is 0 Å². The van der Waals surface area contributed by atoms with Crippen molar-refractivity contribution in [2.45, 2.75) is 32.3 Å². The second-order valence-corrected chi connectivity index (χ2v) is 7.62. The fraction of sp³-hybridized carbons (Fsp3) is 0.208. The van der Waals surface area contributed by atoms with Crippen LogP contribution in [0.1, 0.15) is 31.9 Å². The van der Waals surface area contributed by atoms with E-state index in [9.17, 15) is 0 Å². The molecule has 0 aliphatic carbocycles. The molecule has 142 valence electrons. The van der Waals surface area contributed by atoms with Gasteiger partial charge in [0.05, 0.1) is 16.7 Å². The minimum absolute atomic E-state index is 0.308. The van der Waals surface area contributed by atoms with Gasteiger partial charge in [-0.2, -0.15) is 0 Å². The number of aliphatic imine (C=N–C) groups is 1. The molecule has 4 nitrogen and oxygen atoms in total. The number of fused-ring (bicyclic) bond motifs is 1. The molecule has 1 heterocycles. The molecule has 4 heteroatoms. The van der Waals surface area contributed by atoms with Crippen LogP contribution in [0.25, 0.3) is 0 Å². The predicted octanol–water partition coefficient (Wildman–Crippen LogP) is 5.53. The molecule has 0 amide bonds. The second kappa shape index (κ2) is 7.04. The van der Waals surface area contributed by atoms with Crippen molar-refractivity contribution in [2.24, 2.45) is 4.99 Å². The molecule has 0 aromatic heterocycles. The third-order valence-corrected chi connectivity index (χ3v) is 4.15. The van der Waals surface area contributed by atoms with Gasteiger partial charge in [-0.25, -0.2) is 4.99 Å². The monoisotopic (exact) mass is 373 g/mol. The van der Waals surface area contributed by atoms with Crippen LogP contribution in [0.4, 0.5) is 0 Å². The molecule has 0 atom stereocenters. The van der Waals surface area contributed by atoms with Crippen molar-refractivity contribution >= 4 is 5.90 Å². The van der Waals surface area contributed by atoms with Gasteiger partial charge in [0, 0.05) is 0 Å². The zero-order valence-corrected chi connectivity index (χ0v) is 16.3. The SMILES string of the molecule is CC(C)(C)N=C1OC(Oc2ccccc2)(Oc2ccccc2)c2ccccc21. The van der Waals surface area contributed by atoms with Crippen LogP contribution in [-0.2, 0) is 10.7 Å². The first-order valence-corrected chi connectivity index (χ1v) is 9.32. The standard InChI is InChI=1S/C24H23NO3/c1-23(2,3)25-22-20-16-10-11-17-21(20)24(28-22,26-18-12-6-4-7-13-18)27-19-14-8-5-9-15-19/h4-17H,1-3H3. The van der Waals surface area contributed by atoms with E-state index in [1.807, 2.05) is 106 Å². The summed E-state index contributed by atoms with van der Waals surface area (Å²) < 4.78 is 18.9. The highest BCUT2D eigenvalue weighted by molar-refractivity contribution is 5.98. The van der Waals surface area contributed by atoms with Crippen molar-refractivity contribution < 1.29 is 14.2 Å². The maximum absolute atomic E-state index is 6.31. The number of benzene rings is 3. The molecular weight excluding hydrogens is 350 g/mol. The lowest BCUT2D eigenvalue weighted by Crippen LogP contribution is -2.40. The Kier molecular flexibility index (Phi) is 4.55. The number of ether oxygens (including phenoxy) is 3. The quantitative estimate of drug-likeness (QED) is 0.565. The maximum Gasteiger partial charge on any atom is 0.449 e. The molecule has 3 aromatic rings. The van der Waals surface area contributed by atoms with E-state index in [1.165, 1.54) is 0 Å². The third-order valence-electron chi connectivity index (χ3n) is 4.15. The minimum atomic E-state index is -1.45. The van der Waals surface area contributed by atoms with Gasteiger partial charge in [0.2, 0.25) is 5.90 Å². The molecule has 0 N–H and O–H groups in total. The van der Waals surface area contributed by atoms with Crippen LogP contribution >= 0.6 is 0 Å². The minimum Gasteiger partial charge on any atom is -0.417 e. The molecule has 3 aromatic carbocycles. The van der Waals surface area contributed by atoms with Crippen LogP contribution in [-0.4, -0.2) is 11.4 Å². The summed E-state index contributed by atoms with van der Waals surface area (Å²) in [5, 5.41) is 0. The summed E-state index contributed by atoms with van der Waals surface area (Å²) in [7, 11) is 0. The van der Waals surface area contributed by atoms with Gasteiger partial charge in [-0.05, 0) is 57.2 Å². The van der Waals surface area contributed by atoms with Gasteiger partial charge in [0.1, 0.15) is 11.5 Å². The lowest BCUT2D eigenvalue weighted by atomic mass is 10.1. The Morgan fingerprint density at radius 1 is 0.714 bits per heavy atom. The van der Waals surface area contributed by atoms with Crippen molar-refractivity contribution in [2.75, 3.05) is 0 Å². The normalized spacial score (nSPS) is 16.3. The highest BCUT2D eigenvalue weighted by atomic mass is 16.9. The summed E-state index contributed by atoms with van der Waals surface area (Å²) in [6, 6.07) is 26.9. The fourth-order valence-electron chi connectivity index (χ4n) is 3.02. The molecule has 1 aliphatic heterocycles. The zero-order valence-electron chi connectivity index (χ0n) is 16.3. The van der Waals surface area contributed by atoms with Gasteiger partial charge in [-0.1, -0.05) is 48.5 Å². The lowest BCUT2D eigenvalue weighted by Gasteiger charge is -2.30. The first kappa shape index (κ1) is 18.1. The van der Waals surface area contributed by atoms with Gasteiger partial charge < -0.3 is 14.2 Å². The van der Waals surface area contributed by atoms with Crippen LogP contribution in [0.15, 0.2) is 89.9 Å². The van der Waals surface area contributed by atoms with E-state index in [4.69, 9.17) is 19.2 Å². The summed E-state index contributed by atoms with van der Waals surface area (Å²) in [6.07, 6.45) is 0. The van der Waals surface area contributed by atoms with Crippen molar-refractivity contribution in [3.63, 3.8) is 0 Å². The van der Waals surface area contributed by atoms with Crippen molar-refractivity contribution in [1.29, 1.82) is 0 Å². The van der Waals surface area contributed by atoms with E-state index >= 15 is 0 Å². The van der Waals surface area contributed by atoms with E-state index in [1.54, 1.807) is 0 Å². The Morgan fingerprint density at radius 2 is 1.21 bits per heavy atom. The fourth-order valence-corrected chi connectivity index (χ4v) is 3.02. The lowest BCUT2D eigenvalue weighted by molar-refractivity contribution is -0.265. The smallest absolute Gasteiger partial charge is 0.417 e. The number of rotatable bonds is 4. The number of para-hydroxylation sites is 2. The highest BCUT2D eigenvalue weighted by Gasteiger charge is 2.50. The summed E-state index contributed by atoms with van der Waals surface area (Å²) in [6.45, 7) is 6.09. The van der Waals surface area contributed by atoms with Crippen LogP contribution in [0.5, 0.6) is 11.5 Å².